The van der Waals surface area contributed by atoms with E-state index >= 15 is 0 Å². The number of halogens is 1. The fourth-order valence-corrected chi connectivity index (χ4v) is 6.11. The third-order valence-corrected chi connectivity index (χ3v) is 8.29. The van der Waals surface area contributed by atoms with Gasteiger partial charge >= 0.3 is 0 Å². The van der Waals surface area contributed by atoms with E-state index in [-0.39, 0.29) is 15.6 Å². The lowest BCUT2D eigenvalue weighted by Crippen LogP contribution is -2.39. The number of benzene rings is 3. The Hall–Kier alpha value is -3.88. The molecule has 1 N–H and O–H groups in total. The van der Waals surface area contributed by atoms with Crippen molar-refractivity contribution in [1.82, 2.24) is 9.99 Å². The summed E-state index contributed by atoms with van der Waals surface area (Å²) in [5, 5.41) is 4.33. The van der Waals surface area contributed by atoms with E-state index < -0.39 is 22.5 Å². The molecule has 196 valence electrons. The average molecular weight is 549 g/mol. The number of amides is 1. The lowest BCUT2D eigenvalue weighted by atomic mass is 10.1. The number of aromatic nitrogens is 1. The van der Waals surface area contributed by atoms with E-state index in [9.17, 15) is 13.2 Å². The number of hydrazone groups is 1. The van der Waals surface area contributed by atoms with Crippen LogP contribution in [0.4, 0.5) is 5.69 Å². The summed E-state index contributed by atoms with van der Waals surface area (Å²) in [5.74, 6) is -0.608. The quantitative estimate of drug-likeness (QED) is 0.226. The minimum absolute atomic E-state index is 0.0510. The molecule has 0 spiro atoms. The molecule has 1 heterocycles. The second-order valence-corrected chi connectivity index (χ2v) is 11.3. The van der Waals surface area contributed by atoms with Crippen LogP contribution in [0.1, 0.15) is 28.1 Å². The summed E-state index contributed by atoms with van der Waals surface area (Å²) in [6.45, 7) is 7.63. The molecule has 4 rings (SSSR count). The zero-order chi connectivity index (χ0) is 27.4. The summed E-state index contributed by atoms with van der Waals surface area (Å²) in [6.07, 6.45) is 1.56. The number of rotatable bonds is 8. The molecule has 3 aromatic carbocycles. The van der Waals surface area contributed by atoms with Gasteiger partial charge in [0.15, 0.2) is 0 Å². The van der Waals surface area contributed by atoms with Gasteiger partial charge < -0.3 is 4.57 Å². The Bertz CT molecular complexity index is 1610. The van der Waals surface area contributed by atoms with Crippen molar-refractivity contribution in [3.05, 3.63) is 112 Å². The number of nitrogens with zero attached hydrogens (tertiary/aromatic N) is 3. The summed E-state index contributed by atoms with van der Waals surface area (Å²) in [5.41, 5.74) is 8.93. The van der Waals surface area contributed by atoms with Gasteiger partial charge in [-0.25, -0.2) is 13.8 Å². The smallest absolute Gasteiger partial charge is 0.264 e. The van der Waals surface area contributed by atoms with Crippen molar-refractivity contribution in [3.8, 4) is 5.69 Å². The monoisotopic (exact) mass is 548 g/mol. The van der Waals surface area contributed by atoms with Crippen LogP contribution in [0.2, 0.25) is 5.02 Å². The van der Waals surface area contributed by atoms with Crippen molar-refractivity contribution in [1.29, 1.82) is 0 Å². The Labute approximate surface area is 228 Å². The molecule has 0 aliphatic carbocycles. The number of para-hydroxylation sites is 1. The average Bonchev–Trinajstić information content (AvgIpc) is 3.16. The lowest BCUT2D eigenvalue weighted by Gasteiger charge is -2.24. The van der Waals surface area contributed by atoms with Crippen molar-refractivity contribution in [3.63, 3.8) is 0 Å². The maximum Gasteiger partial charge on any atom is 0.264 e. The second-order valence-electron chi connectivity index (χ2n) is 9.02. The van der Waals surface area contributed by atoms with Gasteiger partial charge in [0.05, 0.1) is 21.8 Å². The zero-order valence-corrected chi connectivity index (χ0v) is 23.2. The number of hydrogen-bond acceptors (Lipinski definition) is 4. The largest absolute Gasteiger partial charge is 0.318 e. The summed E-state index contributed by atoms with van der Waals surface area (Å²) in [6, 6.07) is 22.7. The first-order chi connectivity index (χ1) is 18.1. The SMILES string of the molecule is Cc1ccc(-n2c(C)cc(/C=N\NC(=O)CN(c3ccccc3Cl)S(=O)(=O)c3ccccc3)c2C)c(C)c1. The highest BCUT2D eigenvalue weighted by molar-refractivity contribution is 7.92. The summed E-state index contributed by atoms with van der Waals surface area (Å²) in [7, 11) is -4.06. The van der Waals surface area contributed by atoms with Crippen LogP contribution in [-0.4, -0.2) is 31.7 Å². The van der Waals surface area contributed by atoms with Crippen molar-refractivity contribution >= 4 is 39.4 Å². The summed E-state index contributed by atoms with van der Waals surface area (Å²) in [4.78, 5) is 12.9. The molecule has 0 aliphatic heterocycles. The molecule has 0 saturated heterocycles. The van der Waals surface area contributed by atoms with Gasteiger partial charge in [-0.05, 0) is 69.7 Å². The third-order valence-electron chi connectivity index (χ3n) is 6.20. The molecular weight excluding hydrogens is 520 g/mol. The van der Waals surface area contributed by atoms with Crippen molar-refractivity contribution in [2.75, 3.05) is 10.8 Å². The Balaban J connectivity index is 1.56. The van der Waals surface area contributed by atoms with E-state index in [1.165, 1.54) is 17.7 Å². The molecular formula is C29H29ClN4O3S. The first kappa shape index (κ1) is 27.2. The number of carbonyl (C=O) groups excluding carboxylic acids is 1. The molecule has 38 heavy (non-hydrogen) atoms. The van der Waals surface area contributed by atoms with Crippen LogP contribution in [0.5, 0.6) is 0 Å². The van der Waals surface area contributed by atoms with Crippen LogP contribution in [-0.2, 0) is 14.8 Å². The Morgan fingerprint density at radius 2 is 1.66 bits per heavy atom. The van der Waals surface area contributed by atoms with Crippen molar-refractivity contribution in [2.24, 2.45) is 5.10 Å². The van der Waals surface area contributed by atoms with Crippen LogP contribution < -0.4 is 9.73 Å². The fraction of sp³-hybridized carbons (Fsp3) is 0.172. The van der Waals surface area contributed by atoms with Gasteiger partial charge in [0, 0.05) is 22.6 Å². The molecule has 0 unspecified atom stereocenters. The number of nitrogens with one attached hydrogen (secondary N) is 1. The molecule has 0 aliphatic rings. The fourth-order valence-electron chi connectivity index (χ4n) is 4.36. The molecule has 1 aromatic heterocycles. The molecule has 1 amide bonds. The Morgan fingerprint density at radius 1 is 0.974 bits per heavy atom. The number of anilines is 1. The summed E-state index contributed by atoms with van der Waals surface area (Å²) < 4.78 is 30.0. The minimum atomic E-state index is -4.06. The number of aryl methyl sites for hydroxylation is 3. The maximum atomic E-state index is 13.4. The molecule has 0 saturated carbocycles. The highest BCUT2D eigenvalue weighted by atomic mass is 35.5. The van der Waals surface area contributed by atoms with Crippen molar-refractivity contribution in [2.45, 2.75) is 32.6 Å². The zero-order valence-electron chi connectivity index (χ0n) is 21.6. The Morgan fingerprint density at radius 3 is 2.34 bits per heavy atom. The van der Waals surface area contributed by atoms with Gasteiger partial charge in [-0.2, -0.15) is 5.10 Å². The maximum absolute atomic E-state index is 13.4. The van der Waals surface area contributed by atoms with Crippen LogP contribution >= 0.6 is 11.6 Å². The minimum Gasteiger partial charge on any atom is -0.318 e. The highest BCUT2D eigenvalue weighted by Gasteiger charge is 2.28. The van der Waals surface area contributed by atoms with E-state index in [1.807, 2.05) is 19.9 Å². The van der Waals surface area contributed by atoms with Crippen LogP contribution in [0.3, 0.4) is 0 Å². The molecule has 9 heteroatoms. The summed E-state index contributed by atoms with van der Waals surface area (Å²) >= 11 is 6.32. The van der Waals surface area contributed by atoms with Gasteiger partial charge in [0.1, 0.15) is 6.54 Å². The third kappa shape index (κ3) is 5.66. The Kier molecular flexibility index (Phi) is 8.04. The van der Waals surface area contributed by atoms with E-state index in [0.717, 1.165) is 32.5 Å². The van der Waals surface area contributed by atoms with Gasteiger partial charge in [0.25, 0.3) is 15.9 Å². The molecule has 0 atom stereocenters. The number of sulfonamides is 1. The standard InChI is InChI=1S/C29H29ClN4O3S/c1-20-14-15-27(21(2)16-20)34-22(3)17-24(23(34)4)18-31-32-29(35)19-33(28-13-9-8-12-26(28)30)38(36,37)25-10-6-5-7-11-25/h5-18H,19H2,1-4H3,(H,32,35)/b31-18-. The molecule has 7 nitrogen and oxygen atoms in total. The molecule has 0 fully saturated rings. The van der Waals surface area contributed by atoms with Gasteiger partial charge in [-0.15, -0.1) is 0 Å². The topological polar surface area (TPSA) is 83.8 Å². The van der Waals surface area contributed by atoms with Gasteiger partial charge in [0.2, 0.25) is 0 Å². The van der Waals surface area contributed by atoms with E-state index in [1.54, 1.807) is 48.7 Å². The van der Waals surface area contributed by atoms with Gasteiger partial charge in [-0.3, -0.25) is 9.10 Å². The van der Waals surface area contributed by atoms with Gasteiger partial charge in [-0.1, -0.05) is 59.6 Å². The predicted molar refractivity (Wildman–Crippen MR) is 153 cm³/mol. The van der Waals surface area contributed by atoms with Crippen molar-refractivity contribution < 1.29 is 13.2 Å². The number of carbonyl (C=O) groups is 1. The predicted octanol–water partition coefficient (Wildman–Crippen LogP) is 5.71. The van der Waals surface area contributed by atoms with E-state index in [0.29, 0.717) is 0 Å². The second kappa shape index (κ2) is 11.2. The lowest BCUT2D eigenvalue weighted by molar-refractivity contribution is -0.119. The van der Waals surface area contributed by atoms with Crippen LogP contribution in [0, 0.1) is 27.7 Å². The van der Waals surface area contributed by atoms with E-state index in [4.69, 9.17) is 11.6 Å². The molecule has 4 aromatic rings. The molecule has 0 bridgehead atoms. The first-order valence-corrected chi connectivity index (χ1v) is 13.8. The number of hydrogen-bond donors (Lipinski definition) is 1. The van der Waals surface area contributed by atoms with Crippen LogP contribution in [0.15, 0.2) is 88.9 Å². The van der Waals surface area contributed by atoms with Crippen LogP contribution in [0.25, 0.3) is 5.69 Å². The normalized spacial score (nSPS) is 11.6. The highest BCUT2D eigenvalue weighted by Crippen LogP contribution is 2.30. The molecule has 0 radical (unpaired) electrons. The van der Waals surface area contributed by atoms with E-state index in [2.05, 4.69) is 47.1 Å². The first-order valence-electron chi connectivity index (χ1n) is 12.0.